The predicted molar refractivity (Wildman–Crippen MR) is 112 cm³/mol. The number of nitrogens with zero attached hydrogens (tertiary/aromatic N) is 2. The fourth-order valence-electron chi connectivity index (χ4n) is 5.04. The number of hydrogen-bond acceptors (Lipinski definition) is 6. The SMILES string of the molecule is COc1ccc(OCC2CC3(CCCCC3)CN2S(=O)(=O)c2c(C)noc2C)cc1. The van der Waals surface area contributed by atoms with E-state index in [-0.39, 0.29) is 16.4 Å². The molecular formula is C22H30N2O5S. The van der Waals surface area contributed by atoms with Gasteiger partial charge in [0, 0.05) is 6.54 Å². The molecule has 2 aliphatic rings. The number of rotatable bonds is 6. The molecular weight excluding hydrogens is 404 g/mol. The molecule has 1 aliphatic carbocycles. The summed E-state index contributed by atoms with van der Waals surface area (Å²) >= 11 is 0. The highest BCUT2D eigenvalue weighted by Gasteiger charge is 2.50. The van der Waals surface area contributed by atoms with Crippen LogP contribution in [0, 0.1) is 19.3 Å². The fraction of sp³-hybridized carbons (Fsp3) is 0.591. The molecule has 1 aromatic heterocycles. The highest BCUT2D eigenvalue weighted by atomic mass is 32.2. The van der Waals surface area contributed by atoms with Crippen LogP contribution in [0.2, 0.25) is 0 Å². The molecule has 2 fully saturated rings. The van der Waals surface area contributed by atoms with E-state index in [2.05, 4.69) is 5.16 Å². The molecule has 8 heteroatoms. The van der Waals surface area contributed by atoms with E-state index >= 15 is 0 Å². The van der Waals surface area contributed by atoms with Crippen LogP contribution in [-0.2, 0) is 10.0 Å². The summed E-state index contributed by atoms with van der Waals surface area (Å²) in [6.07, 6.45) is 6.51. The van der Waals surface area contributed by atoms with Crippen molar-refractivity contribution in [3.63, 3.8) is 0 Å². The number of aromatic nitrogens is 1. The second-order valence-corrected chi connectivity index (χ2v) is 10.4. The molecule has 164 valence electrons. The molecule has 0 bridgehead atoms. The van der Waals surface area contributed by atoms with Gasteiger partial charge in [-0.05, 0) is 62.8 Å². The van der Waals surface area contributed by atoms with Crippen LogP contribution in [0.4, 0.5) is 0 Å². The van der Waals surface area contributed by atoms with Crippen LogP contribution in [0.25, 0.3) is 0 Å². The van der Waals surface area contributed by atoms with Gasteiger partial charge in [-0.3, -0.25) is 0 Å². The Hall–Kier alpha value is -2.06. The number of methoxy groups -OCH3 is 1. The molecule has 1 saturated carbocycles. The smallest absolute Gasteiger partial charge is 0.248 e. The maximum absolute atomic E-state index is 13.6. The van der Waals surface area contributed by atoms with Crippen LogP contribution in [0.1, 0.15) is 50.0 Å². The third-order valence-corrected chi connectivity index (χ3v) is 8.66. The van der Waals surface area contributed by atoms with Crippen molar-refractivity contribution in [2.75, 3.05) is 20.3 Å². The second kappa shape index (κ2) is 8.23. The van der Waals surface area contributed by atoms with Gasteiger partial charge in [0.15, 0.2) is 5.76 Å². The van der Waals surface area contributed by atoms with Crippen molar-refractivity contribution in [1.29, 1.82) is 0 Å². The monoisotopic (exact) mass is 434 g/mol. The molecule has 0 amide bonds. The average Bonchev–Trinajstić information content (AvgIpc) is 3.27. The standard InChI is InChI=1S/C22H30N2O5S/c1-16-21(17(2)29-23-16)30(25,26)24-15-22(11-5-4-6-12-22)13-18(24)14-28-20-9-7-19(27-3)8-10-20/h7-10,18H,4-6,11-15H2,1-3H3. The van der Waals surface area contributed by atoms with Crippen molar-refractivity contribution in [3.8, 4) is 11.5 Å². The Bertz CT molecular complexity index is 958. The zero-order chi connectivity index (χ0) is 21.4. The summed E-state index contributed by atoms with van der Waals surface area (Å²) in [5.74, 6) is 1.80. The Morgan fingerprint density at radius 1 is 1.13 bits per heavy atom. The third kappa shape index (κ3) is 3.95. The van der Waals surface area contributed by atoms with Gasteiger partial charge in [-0.1, -0.05) is 24.4 Å². The van der Waals surface area contributed by atoms with E-state index < -0.39 is 10.0 Å². The summed E-state index contributed by atoms with van der Waals surface area (Å²) < 4.78 is 45.3. The van der Waals surface area contributed by atoms with E-state index in [0.717, 1.165) is 37.9 Å². The first-order valence-electron chi connectivity index (χ1n) is 10.6. The minimum absolute atomic E-state index is 0.0399. The van der Waals surface area contributed by atoms with Crippen LogP contribution < -0.4 is 9.47 Å². The van der Waals surface area contributed by atoms with Crippen LogP contribution in [0.5, 0.6) is 11.5 Å². The van der Waals surface area contributed by atoms with Crippen LogP contribution in [0.15, 0.2) is 33.7 Å². The highest BCUT2D eigenvalue weighted by molar-refractivity contribution is 7.89. The zero-order valence-corrected chi connectivity index (χ0v) is 18.7. The van der Waals surface area contributed by atoms with Gasteiger partial charge >= 0.3 is 0 Å². The topological polar surface area (TPSA) is 81.9 Å². The zero-order valence-electron chi connectivity index (χ0n) is 17.9. The summed E-state index contributed by atoms with van der Waals surface area (Å²) in [6.45, 7) is 4.19. The number of hydrogen-bond donors (Lipinski definition) is 0. The summed E-state index contributed by atoms with van der Waals surface area (Å²) in [7, 11) is -2.10. The lowest BCUT2D eigenvalue weighted by atomic mass is 9.73. The molecule has 1 aliphatic heterocycles. The first-order valence-corrected chi connectivity index (χ1v) is 12.0. The molecule has 2 aromatic rings. The van der Waals surface area contributed by atoms with E-state index in [1.807, 2.05) is 24.3 Å². The van der Waals surface area contributed by atoms with Gasteiger partial charge < -0.3 is 14.0 Å². The second-order valence-electron chi connectivity index (χ2n) is 8.61. The summed E-state index contributed by atoms with van der Waals surface area (Å²) in [6, 6.07) is 7.15. The lowest BCUT2D eigenvalue weighted by Gasteiger charge is -2.33. The first-order chi connectivity index (χ1) is 14.3. The van der Waals surface area contributed by atoms with E-state index in [4.69, 9.17) is 14.0 Å². The molecule has 1 atom stereocenters. The van der Waals surface area contributed by atoms with E-state index in [1.165, 1.54) is 6.42 Å². The third-order valence-electron chi connectivity index (χ3n) is 6.52. The highest BCUT2D eigenvalue weighted by Crippen LogP contribution is 2.48. The lowest BCUT2D eigenvalue weighted by molar-refractivity contribution is 0.200. The Labute approximate surface area is 178 Å². The minimum atomic E-state index is -3.72. The van der Waals surface area contributed by atoms with Gasteiger partial charge in [-0.15, -0.1) is 0 Å². The van der Waals surface area contributed by atoms with Crippen molar-refractivity contribution < 1.29 is 22.4 Å². The lowest BCUT2D eigenvalue weighted by Crippen LogP contribution is -2.40. The van der Waals surface area contributed by atoms with Gasteiger partial charge in [-0.2, -0.15) is 4.31 Å². The van der Waals surface area contributed by atoms with E-state index in [9.17, 15) is 8.42 Å². The Morgan fingerprint density at radius 2 is 1.80 bits per heavy atom. The molecule has 1 unspecified atom stereocenters. The van der Waals surface area contributed by atoms with E-state index in [1.54, 1.807) is 25.3 Å². The maximum Gasteiger partial charge on any atom is 0.248 e. The van der Waals surface area contributed by atoms with Gasteiger partial charge in [0.25, 0.3) is 0 Å². The molecule has 1 spiro atoms. The molecule has 2 heterocycles. The van der Waals surface area contributed by atoms with Crippen LogP contribution >= 0.6 is 0 Å². The Morgan fingerprint density at radius 3 is 2.40 bits per heavy atom. The van der Waals surface area contributed by atoms with Crippen LogP contribution in [0.3, 0.4) is 0 Å². The Balaban J connectivity index is 1.60. The molecule has 1 saturated heterocycles. The van der Waals surface area contributed by atoms with Crippen molar-refractivity contribution in [1.82, 2.24) is 9.46 Å². The molecule has 0 N–H and O–H groups in total. The quantitative estimate of drug-likeness (QED) is 0.681. The number of ether oxygens (including phenoxy) is 2. The van der Waals surface area contributed by atoms with Gasteiger partial charge in [0.05, 0.1) is 13.2 Å². The largest absolute Gasteiger partial charge is 0.497 e. The molecule has 7 nitrogen and oxygen atoms in total. The normalized spacial score (nSPS) is 21.8. The van der Waals surface area contributed by atoms with E-state index in [0.29, 0.717) is 30.4 Å². The molecule has 4 rings (SSSR count). The van der Waals surface area contributed by atoms with Gasteiger partial charge in [0.1, 0.15) is 28.7 Å². The van der Waals surface area contributed by atoms with Gasteiger partial charge in [-0.25, -0.2) is 8.42 Å². The van der Waals surface area contributed by atoms with Crippen molar-refractivity contribution in [3.05, 3.63) is 35.7 Å². The van der Waals surface area contributed by atoms with Gasteiger partial charge in [0.2, 0.25) is 10.0 Å². The summed E-state index contributed by atoms with van der Waals surface area (Å²) in [4.78, 5) is 0.199. The predicted octanol–water partition coefficient (Wildman–Crippen LogP) is 4.09. The van der Waals surface area contributed by atoms with Crippen LogP contribution in [-0.4, -0.2) is 44.2 Å². The van der Waals surface area contributed by atoms with Crippen molar-refractivity contribution >= 4 is 10.0 Å². The minimum Gasteiger partial charge on any atom is -0.497 e. The maximum atomic E-state index is 13.6. The summed E-state index contributed by atoms with van der Waals surface area (Å²) in [5.41, 5.74) is 0.449. The molecule has 30 heavy (non-hydrogen) atoms. The Kier molecular flexibility index (Phi) is 5.81. The number of aryl methyl sites for hydroxylation is 2. The molecule has 1 aromatic carbocycles. The summed E-state index contributed by atoms with van der Waals surface area (Å²) in [5, 5.41) is 3.87. The average molecular weight is 435 g/mol. The number of benzene rings is 1. The fourth-order valence-corrected chi connectivity index (χ4v) is 7.06. The molecule has 0 radical (unpaired) electrons. The van der Waals surface area contributed by atoms with Crippen molar-refractivity contribution in [2.24, 2.45) is 5.41 Å². The first kappa shape index (κ1) is 21.2. The van der Waals surface area contributed by atoms with Crippen molar-refractivity contribution in [2.45, 2.75) is 63.3 Å². The number of sulfonamides is 1.